The van der Waals surface area contributed by atoms with Gasteiger partial charge in [-0.25, -0.2) is 0 Å². The van der Waals surface area contributed by atoms with Crippen molar-refractivity contribution in [1.82, 2.24) is 15.1 Å². The molecule has 6 heteroatoms. The van der Waals surface area contributed by atoms with E-state index in [4.69, 9.17) is 16.7 Å². The van der Waals surface area contributed by atoms with Crippen molar-refractivity contribution in [1.29, 1.82) is 0 Å². The van der Waals surface area contributed by atoms with Crippen LogP contribution in [0.3, 0.4) is 0 Å². The minimum Gasteiger partial charge on any atom is -0.354 e. The quantitative estimate of drug-likeness (QED) is 0.395. The van der Waals surface area contributed by atoms with Crippen molar-refractivity contribution < 1.29 is 4.79 Å². The minimum absolute atomic E-state index is 0.00151. The summed E-state index contributed by atoms with van der Waals surface area (Å²) >= 11 is 8.34. The first-order chi connectivity index (χ1) is 15.1. The summed E-state index contributed by atoms with van der Waals surface area (Å²) in [6, 6.07) is 15.4. The van der Waals surface area contributed by atoms with Gasteiger partial charge in [0.25, 0.3) is 0 Å². The molecule has 0 spiro atoms. The van der Waals surface area contributed by atoms with Gasteiger partial charge in [-0.3, -0.25) is 9.48 Å². The highest BCUT2D eigenvalue weighted by atomic mass is 35.5. The van der Waals surface area contributed by atoms with Crippen LogP contribution in [0.1, 0.15) is 51.5 Å². The molecule has 1 fully saturated rings. The molecular formula is C25H30ClN3OS. The summed E-state index contributed by atoms with van der Waals surface area (Å²) in [7, 11) is 0. The van der Waals surface area contributed by atoms with Gasteiger partial charge in [0, 0.05) is 27.8 Å². The lowest BCUT2D eigenvalue weighted by atomic mass is 10.0. The molecule has 1 aliphatic carbocycles. The van der Waals surface area contributed by atoms with E-state index in [9.17, 15) is 4.79 Å². The number of hydrogen-bond acceptors (Lipinski definition) is 3. The van der Waals surface area contributed by atoms with E-state index in [2.05, 4.69) is 17.1 Å². The summed E-state index contributed by atoms with van der Waals surface area (Å²) in [6.45, 7) is 2.61. The topological polar surface area (TPSA) is 46.9 Å². The van der Waals surface area contributed by atoms with E-state index in [1.54, 1.807) is 0 Å². The first-order valence-electron chi connectivity index (χ1n) is 11.3. The molecule has 0 radical (unpaired) electrons. The lowest BCUT2D eigenvalue weighted by molar-refractivity contribution is -0.124. The third kappa shape index (κ3) is 5.45. The average molecular weight is 456 g/mol. The van der Waals surface area contributed by atoms with Crippen molar-refractivity contribution in [2.45, 2.75) is 56.7 Å². The molecule has 164 valence electrons. The third-order valence-corrected chi connectivity index (χ3v) is 7.69. The molecule has 1 saturated carbocycles. The Morgan fingerprint density at radius 1 is 1.19 bits per heavy atom. The lowest BCUT2D eigenvalue weighted by Gasteiger charge is -2.21. The number of benzene rings is 2. The summed E-state index contributed by atoms with van der Waals surface area (Å²) in [5.74, 6) is 1.11. The van der Waals surface area contributed by atoms with Gasteiger partial charge in [0.2, 0.25) is 5.91 Å². The normalized spacial score (nSPS) is 15.8. The molecular weight excluding hydrogens is 426 g/mol. The Labute approximate surface area is 193 Å². The van der Waals surface area contributed by atoms with Crippen LogP contribution in [0, 0.1) is 0 Å². The van der Waals surface area contributed by atoms with Crippen molar-refractivity contribution in [3.05, 3.63) is 53.6 Å². The molecule has 0 unspecified atom stereocenters. The van der Waals surface area contributed by atoms with Crippen LogP contribution in [0.2, 0.25) is 5.02 Å². The zero-order chi connectivity index (χ0) is 21.6. The van der Waals surface area contributed by atoms with Gasteiger partial charge in [0.15, 0.2) is 0 Å². The molecule has 4 nitrogen and oxygen atoms in total. The molecule has 0 saturated heterocycles. The number of rotatable bonds is 8. The maximum atomic E-state index is 12.9. The zero-order valence-electron chi connectivity index (χ0n) is 18.0. The Hall–Kier alpha value is -1.98. The van der Waals surface area contributed by atoms with Gasteiger partial charge >= 0.3 is 0 Å². The second-order valence-electron chi connectivity index (χ2n) is 8.27. The number of amides is 1. The fourth-order valence-corrected chi connectivity index (χ4v) is 5.73. The van der Waals surface area contributed by atoms with Crippen molar-refractivity contribution in [3.63, 3.8) is 0 Å². The predicted molar refractivity (Wildman–Crippen MR) is 132 cm³/mol. The van der Waals surface area contributed by atoms with Crippen molar-refractivity contribution in [2.24, 2.45) is 0 Å². The van der Waals surface area contributed by atoms with E-state index in [1.165, 1.54) is 32.1 Å². The number of carbonyl (C=O) groups excluding carboxylic acids is 1. The SMILES string of the molecule is C[C@@H](C(=O)NCCCSC1CCCCC1)n1nc(-c2ccccc2)c2cc(Cl)ccc21. The Bertz CT molecular complexity index is 1010. The highest BCUT2D eigenvalue weighted by Crippen LogP contribution is 2.32. The van der Waals surface area contributed by atoms with Gasteiger partial charge in [-0.2, -0.15) is 16.9 Å². The van der Waals surface area contributed by atoms with Crippen molar-refractivity contribution in [2.75, 3.05) is 12.3 Å². The number of nitrogens with zero attached hydrogens (tertiary/aromatic N) is 2. The van der Waals surface area contributed by atoms with Gasteiger partial charge < -0.3 is 5.32 Å². The maximum absolute atomic E-state index is 12.9. The van der Waals surface area contributed by atoms with E-state index in [-0.39, 0.29) is 5.91 Å². The number of thioether (sulfide) groups is 1. The van der Waals surface area contributed by atoms with E-state index in [1.807, 2.05) is 60.1 Å². The van der Waals surface area contributed by atoms with Crippen LogP contribution in [-0.4, -0.2) is 33.2 Å². The molecule has 31 heavy (non-hydrogen) atoms. The highest BCUT2D eigenvalue weighted by Gasteiger charge is 2.21. The maximum Gasteiger partial charge on any atom is 0.244 e. The van der Waals surface area contributed by atoms with Crippen molar-refractivity contribution >= 4 is 40.2 Å². The second-order valence-corrected chi connectivity index (χ2v) is 10.1. The zero-order valence-corrected chi connectivity index (χ0v) is 19.6. The summed E-state index contributed by atoms with van der Waals surface area (Å²) in [5, 5.41) is 10.4. The van der Waals surface area contributed by atoms with Crippen LogP contribution in [0.4, 0.5) is 0 Å². The number of hydrogen-bond donors (Lipinski definition) is 1. The molecule has 1 atom stereocenters. The molecule has 1 heterocycles. The molecule has 1 aromatic heterocycles. The molecule has 1 aliphatic rings. The number of carbonyl (C=O) groups is 1. The van der Waals surface area contributed by atoms with Gasteiger partial charge in [-0.05, 0) is 50.1 Å². The van der Waals surface area contributed by atoms with E-state index in [0.717, 1.165) is 39.6 Å². The second kappa shape index (κ2) is 10.6. The number of fused-ring (bicyclic) bond motifs is 1. The van der Waals surface area contributed by atoms with Crippen molar-refractivity contribution in [3.8, 4) is 11.3 Å². The summed E-state index contributed by atoms with van der Waals surface area (Å²) in [4.78, 5) is 12.9. The van der Waals surface area contributed by atoms with Crippen LogP contribution >= 0.6 is 23.4 Å². The van der Waals surface area contributed by atoms with Crippen LogP contribution in [-0.2, 0) is 4.79 Å². The van der Waals surface area contributed by atoms with E-state index < -0.39 is 6.04 Å². The van der Waals surface area contributed by atoms with Gasteiger partial charge in [-0.15, -0.1) is 0 Å². The summed E-state index contributed by atoms with van der Waals surface area (Å²) in [5.41, 5.74) is 2.78. The average Bonchev–Trinajstić information content (AvgIpc) is 3.18. The Kier molecular flexibility index (Phi) is 7.57. The standard InChI is InChI=1S/C25H30ClN3OS/c1-18(25(30)27-15-8-16-31-21-11-6-3-7-12-21)29-23-14-13-20(26)17-22(23)24(28-29)19-9-4-2-5-10-19/h2,4-5,9-10,13-14,17-18,21H,3,6-8,11-12,15-16H2,1H3,(H,27,30)/t18-/m0/s1. The van der Waals surface area contributed by atoms with E-state index in [0.29, 0.717) is 11.6 Å². The third-order valence-electron chi connectivity index (χ3n) is 5.99. The molecule has 3 aromatic rings. The summed E-state index contributed by atoms with van der Waals surface area (Å²) < 4.78 is 1.82. The molecule has 1 N–H and O–H groups in total. The molecule has 4 rings (SSSR count). The Balaban J connectivity index is 1.41. The van der Waals surface area contributed by atoms with E-state index >= 15 is 0 Å². The van der Waals surface area contributed by atoms with Gasteiger partial charge in [-0.1, -0.05) is 61.2 Å². The number of halogens is 1. The monoisotopic (exact) mass is 455 g/mol. The summed E-state index contributed by atoms with van der Waals surface area (Å²) in [6.07, 6.45) is 7.86. The largest absolute Gasteiger partial charge is 0.354 e. The molecule has 1 amide bonds. The molecule has 0 bridgehead atoms. The van der Waals surface area contributed by atoms with Gasteiger partial charge in [0.1, 0.15) is 11.7 Å². The Morgan fingerprint density at radius 2 is 1.97 bits per heavy atom. The van der Waals surface area contributed by atoms with Crippen LogP contribution in [0.5, 0.6) is 0 Å². The lowest BCUT2D eigenvalue weighted by Crippen LogP contribution is -2.32. The number of aromatic nitrogens is 2. The fourth-order valence-electron chi connectivity index (χ4n) is 4.24. The fraction of sp³-hybridized carbons (Fsp3) is 0.440. The van der Waals surface area contributed by atoms with Crippen LogP contribution in [0.15, 0.2) is 48.5 Å². The van der Waals surface area contributed by atoms with Crippen LogP contribution in [0.25, 0.3) is 22.2 Å². The first-order valence-corrected chi connectivity index (χ1v) is 12.7. The van der Waals surface area contributed by atoms with Crippen LogP contribution < -0.4 is 5.32 Å². The first kappa shape index (κ1) is 22.2. The van der Waals surface area contributed by atoms with Gasteiger partial charge in [0.05, 0.1) is 5.52 Å². The molecule has 2 aromatic carbocycles. The predicted octanol–water partition coefficient (Wildman–Crippen LogP) is 6.49. The Morgan fingerprint density at radius 3 is 2.74 bits per heavy atom. The number of nitrogens with one attached hydrogen (secondary N) is 1. The molecule has 0 aliphatic heterocycles. The smallest absolute Gasteiger partial charge is 0.244 e. The minimum atomic E-state index is -0.396. The highest BCUT2D eigenvalue weighted by molar-refractivity contribution is 7.99.